The number of benzene rings is 1. The zero-order valence-electron chi connectivity index (χ0n) is 13.0. The molecule has 1 aliphatic rings. The van der Waals surface area contributed by atoms with Crippen molar-refractivity contribution in [2.75, 3.05) is 17.2 Å². The molecule has 0 radical (unpaired) electrons. The molecule has 1 aliphatic heterocycles. The quantitative estimate of drug-likeness (QED) is 0.778. The van der Waals surface area contributed by atoms with E-state index < -0.39 is 6.04 Å². The lowest BCUT2D eigenvalue weighted by atomic mass is 10.0. The first-order valence-electron chi connectivity index (χ1n) is 7.12. The molecule has 0 fully saturated rings. The summed E-state index contributed by atoms with van der Waals surface area (Å²) in [5.74, 6) is -0.607. The fourth-order valence-electron chi connectivity index (χ4n) is 2.16. The summed E-state index contributed by atoms with van der Waals surface area (Å²) in [4.78, 5) is 34.9. The zero-order valence-corrected chi connectivity index (χ0v) is 13.8. The molecule has 8 heteroatoms. The van der Waals surface area contributed by atoms with Crippen molar-refractivity contribution in [2.24, 2.45) is 5.92 Å². The minimum Gasteiger partial charge on any atom is -0.482 e. The standard InChI is InChI=1S/C15H18ClN3O4/c1-7(2)14(17-8(3)20)15(22)19-10-5-12-11(4-9(10)16)18-13(21)6-23-12/h4-5,7,14H,6H2,1-3H3,(H,17,20)(H,18,21)(H,19,22). The maximum atomic E-state index is 12.4. The Kier molecular flexibility index (Phi) is 5.10. The second-order valence-electron chi connectivity index (χ2n) is 5.58. The first-order chi connectivity index (χ1) is 10.8. The Bertz CT molecular complexity index is 660. The zero-order chi connectivity index (χ0) is 17.1. The van der Waals surface area contributed by atoms with Crippen LogP contribution in [0.25, 0.3) is 0 Å². The fraction of sp³-hybridized carbons (Fsp3) is 0.400. The fourth-order valence-corrected chi connectivity index (χ4v) is 2.37. The van der Waals surface area contributed by atoms with E-state index in [-0.39, 0.29) is 35.3 Å². The molecule has 124 valence electrons. The van der Waals surface area contributed by atoms with Crippen molar-refractivity contribution in [3.63, 3.8) is 0 Å². The van der Waals surface area contributed by atoms with Gasteiger partial charge >= 0.3 is 0 Å². The number of fused-ring (bicyclic) bond motifs is 1. The van der Waals surface area contributed by atoms with E-state index in [1.165, 1.54) is 13.0 Å². The van der Waals surface area contributed by atoms with E-state index in [0.717, 1.165) is 0 Å². The summed E-state index contributed by atoms with van der Waals surface area (Å²) in [7, 11) is 0. The second-order valence-corrected chi connectivity index (χ2v) is 5.98. The summed E-state index contributed by atoms with van der Waals surface area (Å²) in [6.07, 6.45) is 0. The van der Waals surface area contributed by atoms with Gasteiger partial charge < -0.3 is 20.7 Å². The van der Waals surface area contributed by atoms with E-state index in [4.69, 9.17) is 16.3 Å². The van der Waals surface area contributed by atoms with Crippen molar-refractivity contribution in [2.45, 2.75) is 26.8 Å². The van der Waals surface area contributed by atoms with Gasteiger partial charge in [0.2, 0.25) is 11.8 Å². The second kappa shape index (κ2) is 6.87. The molecule has 7 nitrogen and oxygen atoms in total. The average Bonchev–Trinajstić information content (AvgIpc) is 2.45. The third-order valence-corrected chi connectivity index (χ3v) is 3.58. The summed E-state index contributed by atoms with van der Waals surface area (Å²) >= 11 is 6.13. The number of halogens is 1. The van der Waals surface area contributed by atoms with Crippen LogP contribution in [0.5, 0.6) is 5.75 Å². The number of rotatable bonds is 4. The molecule has 3 amide bonds. The van der Waals surface area contributed by atoms with Crippen molar-refractivity contribution >= 4 is 40.7 Å². The van der Waals surface area contributed by atoms with Crippen LogP contribution in [-0.4, -0.2) is 30.4 Å². The number of carbonyl (C=O) groups excluding carboxylic acids is 3. The minimum absolute atomic E-state index is 0.0918. The van der Waals surface area contributed by atoms with Crippen molar-refractivity contribution < 1.29 is 19.1 Å². The topological polar surface area (TPSA) is 96.5 Å². The highest BCUT2D eigenvalue weighted by Crippen LogP contribution is 2.36. The Morgan fingerprint density at radius 1 is 1.35 bits per heavy atom. The van der Waals surface area contributed by atoms with Gasteiger partial charge in [-0.15, -0.1) is 0 Å². The molecular formula is C15H18ClN3O4. The van der Waals surface area contributed by atoms with Gasteiger partial charge in [-0.3, -0.25) is 14.4 Å². The number of hydrogen-bond donors (Lipinski definition) is 3. The summed E-state index contributed by atoms with van der Waals surface area (Å²) < 4.78 is 5.29. The molecular weight excluding hydrogens is 322 g/mol. The molecule has 0 bridgehead atoms. The Hall–Kier alpha value is -2.28. The molecule has 1 aromatic carbocycles. The van der Waals surface area contributed by atoms with Crippen LogP contribution in [0.3, 0.4) is 0 Å². The molecule has 0 saturated carbocycles. The minimum atomic E-state index is -0.680. The van der Waals surface area contributed by atoms with Gasteiger partial charge in [-0.1, -0.05) is 25.4 Å². The Morgan fingerprint density at radius 2 is 2.04 bits per heavy atom. The van der Waals surface area contributed by atoms with Crippen molar-refractivity contribution in [3.05, 3.63) is 17.2 Å². The van der Waals surface area contributed by atoms with Gasteiger partial charge in [-0.05, 0) is 12.0 Å². The molecule has 1 atom stereocenters. The van der Waals surface area contributed by atoms with E-state index in [9.17, 15) is 14.4 Å². The van der Waals surface area contributed by atoms with E-state index in [1.54, 1.807) is 6.07 Å². The molecule has 0 saturated heterocycles. The highest BCUT2D eigenvalue weighted by molar-refractivity contribution is 6.34. The maximum Gasteiger partial charge on any atom is 0.262 e. The predicted octanol–water partition coefficient (Wildman–Crippen LogP) is 1.77. The van der Waals surface area contributed by atoms with Crippen molar-refractivity contribution in [1.29, 1.82) is 0 Å². The van der Waals surface area contributed by atoms with Crippen LogP contribution in [0.15, 0.2) is 12.1 Å². The first kappa shape index (κ1) is 17.1. The Balaban J connectivity index is 2.20. The number of nitrogens with one attached hydrogen (secondary N) is 3. The largest absolute Gasteiger partial charge is 0.482 e. The van der Waals surface area contributed by atoms with E-state index in [2.05, 4.69) is 16.0 Å². The van der Waals surface area contributed by atoms with Crippen LogP contribution in [0.1, 0.15) is 20.8 Å². The Morgan fingerprint density at radius 3 is 2.65 bits per heavy atom. The van der Waals surface area contributed by atoms with Crippen molar-refractivity contribution in [1.82, 2.24) is 5.32 Å². The van der Waals surface area contributed by atoms with Crippen LogP contribution in [0, 0.1) is 5.92 Å². The number of anilines is 2. The average molecular weight is 340 g/mol. The van der Waals surface area contributed by atoms with Gasteiger partial charge in [0.05, 0.1) is 16.4 Å². The molecule has 23 heavy (non-hydrogen) atoms. The molecule has 1 aromatic rings. The SMILES string of the molecule is CC(=O)NC(C(=O)Nc1cc2c(cc1Cl)NC(=O)CO2)C(C)C. The number of amides is 3. The van der Waals surface area contributed by atoms with Gasteiger partial charge in [0.15, 0.2) is 6.61 Å². The number of carbonyl (C=O) groups is 3. The molecule has 0 spiro atoms. The van der Waals surface area contributed by atoms with Crippen LogP contribution in [0.2, 0.25) is 5.02 Å². The van der Waals surface area contributed by atoms with Gasteiger partial charge in [-0.2, -0.15) is 0 Å². The van der Waals surface area contributed by atoms with E-state index in [1.807, 2.05) is 13.8 Å². The van der Waals surface area contributed by atoms with E-state index in [0.29, 0.717) is 17.1 Å². The molecule has 2 rings (SSSR count). The number of hydrogen-bond acceptors (Lipinski definition) is 4. The van der Waals surface area contributed by atoms with Crippen molar-refractivity contribution in [3.8, 4) is 5.75 Å². The third kappa shape index (κ3) is 4.13. The first-order valence-corrected chi connectivity index (χ1v) is 7.50. The molecule has 1 unspecified atom stereocenters. The van der Waals surface area contributed by atoms with Crippen LogP contribution in [0.4, 0.5) is 11.4 Å². The van der Waals surface area contributed by atoms with Crippen LogP contribution >= 0.6 is 11.6 Å². The summed E-state index contributed by atoms with van der Waals surface area (Å²) in [5.41, 5.74) is 0.800. The maximum absolute atomic E-state index is 12.4. The highest BCUT2D eigenvalue weighted by atomic mass is 35.5. The Labute approximate surface area is 138 Å². The van der Waals surface area contributed by atoms with E-state index >= 15 is 0 Å². The smallest absolute Gasteiger partial charge is 0.262 e. The third-order valence-electron chi connectivity index (χ3n) is 3.27. The summed E-state index contributed by atoms with van der Waals surface area (Å²) in [6, 6.07) is 2.37. The highest BCUT2D eigenvalue weighted by Gasteiger charge is 2.25. The lowest BCUT2D eigenvalue weighted by molar-refractivity contribution is -0.126. The van der Waals surface area contributed by atoms with Gasteiger partial charge in [0.25, 0.3) is 5.91 Å². The lowest BCUT2D eigenvalue weighted by Crippen LogP contribution is -2.46. The molecule has 3 N–H and O–H groups in total. The van der Waals surface area contributed by atoms with Crippen LogP contribution < -0.4 is 20.7 Å². The summed E-state index contributed by atoms with van der Waals surface area (Å²) in [5, 5.41) is 8.17. The van der Waals surface area contributed by atoms with Gasteiger partial charge in [0.1, 0.15) is 11.8 Å². The van der Waals surface area contributed by atoms with Gasteiger partial charge in [-0.25, -0.2) is 0 Å². The van der Waals surface area contributed by atoms with Gasteiger partial charge in [0, 0.05) is 13.0 Å². The normalized spacial score (nSPS) is 14.4. The lowest BCUT2D eigenvalue weighted by Gasteiger charge is -2.23. The monoisotopic (exact) mass is 339 g/mol. The molecule has 0 aromatic heterocycles. The number of ether oxygens (including phenoxy) is 1. The molecule has 1 heterocycles. The predicted molar refractivity (Wildman–Crippen MR) is 86.6 cm³/mol. The van der Waals surface area contributed by atoms with Crippen LogP contribution in [-0.2, 0) is 14.4 Å². The summed E-state index contributed by atoms with van der Waals surface area (Å²) in [6.45, 7) is 4.91. The molecule has 0 aliphatic carbocycles.